The van der Waals surface area contributed by atoms with Gasteiger partial charge in [-0.25, -0.2) is 0 Å². The van der Waals surface area contributed by atoms with Crippen LogP contribution >= 0.6 is 11.6 Å². The maximum Gasteiger partial charge on any atom is 0.134 e. The Balaban J connectivity index is 2.20. The Hall–Kier alpha value is -1.25. The van der Waals surface area contributed by atoms with Crippen molar-refractivity contribution >= 4 is 11.6 Å². The van der Waals surface area contributed by atoms with Crippen LogP contribution in [0.15, 0.2) is 40.8 Å². The van der Waals surface area contributed by atoms with E-state index in [-0.39, 0.29) is 6.04 Å². The van der Waals surface area contributed by atoms with Crippen molar-refractivity contribution in [1.29, 1.82) is 0 Å². The number of rotatable bonds is 4. The quantitative estimate of drug-likeness (QED) is 0.875. The molecule has 0 aliphatic carbocycles. The smallest absolute Gasteiger partial charge is 0.134 e. The van der Waals surface area contributed by atoms with Gasteiger partial charge in [0.25, 0.3) is 0 Å². The molecular formula is C14H16ClNO. The average Bonchev–Trinajstić information content (AvgIpc) is 2.80. The molecule has 0 bridgehead atoms. The number of nitrogens with one attached hydrogen (secondary N) is 1. The number of hydrogen-bond donors (Lipinski definition) is 1. The average molecular weight is 250 g/mol. The number of halogens is 1. The van der Waals surface area contributed by atoms with Crippen LogP contribution < -0.4 is 5.32 Å². The lowest BCUT2D eigenvalue weighted by Gasteiger charge is -2.08. The molecule has 0 saturated heterocycles. The Morgan fingerprint density at radius 1 is 1.18 bits per heavy atom. The molecule has 1 atom stereocenters. The van der Waals surface area contributed by atoms with E-state index in [1.807, 2.05) is 36.4 Å². The van der Waals surface area contributed by atoms with Gasteiger partial charge >= 0.3 is 0 Å². The SMILES string of the molecule is CCNC(C)c1ccc(-c2ccc(Cl)cc2)o1. The van der Waals surface area contributed by atoms with Crippen LogP contribution in [0.4, 0.5) is 0 Å². The molecule has 0 aliphatic heterocycles. The van der Waals surface area contributed by atoms with Crippen molar-refractivity contribution in [2.45, 2.75) is 19.9 Å². The lowest BCUT2D eigenvalue weighted by Crippen LogP contribution is -2.16. The van der Waals surface area contributed by atoms with Crippen LogP contribution in [0.1, 0.15) is 25.6 Å². The molecule has 3 heteroatoms. The predicted octanol–water partition coefficient (Wildman–Crippen LogP) is 4.27. The van der Waals surface area contributed by atoms with Crippen molar-refractivity contribution in [2.24, 2.45) is 0 Å². The van der Waals surface area contributed by atoms with Crippen molar-refractivity contribution in [2.75, 3.05) is 6.54 Å². The molecular weight excluding hydrogens is 234 g/mol. The molecule has 1 aromatic heterocycles. The van der Waals surface area contributed by atoms with E-state index in [1.54, 1.807) is 0 Å². The van der Waals surface area contributed by atoms with Gasteiger partial charge in [-0.2, -0.15) is 0 Å². The number of benzene rings is 1. The fourth-order valence-corrected chi connectivity index (χ4v) is 1.89. The van der Waals surface area contributed by atoms with Gasteiger partial charge < -0.3 is 9.73 Å². The summed E-state index contributed by atoms with van der Waals surface area (Å²) in [6.07, 6.45) is 0. The number of hydrogen-bond acceptors (Lipinski definition) is 2. The van der Waals surface area contributed by atoms with Crippen LogP contribution in [-0.2, 0) is 0 Å². The van der Waals surface area contributed by atoms with Crippen LogP contribution in [0.25, 0.3) is 11.3 Å². The second kappa shape index (κ2) is 5.39. The van der Waals surface area contributed by atoms with Gasteiger partial charge in [0.15, 0.2) is 0 Å². The summed E-state index contributed by atoms with van der Waals surface area (Å²) < 4.78 is 5.82. The summed E-state index contributed by atoms with van der Waals surface area (Å²) >= 11 is 5.86. The molecule has 0 radical (unpaired) electrons. The molecule has 1 aromatic carbocycles. The summed E-state index contributed by atoms with van der Waals surface area (Å²) in [5, 5.41) is 4.06. The lowest BCUT2D eigenvalue weighted by atomic mass is 10.2. The largest absolute Gasteiger partial charge is 0.459 e. The Morgan fingerprint density at radius 2 is 1.88 bits per heavy atom. The highest BCUT2D eigenvalue weighted by Crippen LogP contribution is 2.26. The Bertz CT molecular complexity index is 475. The van der Waals surface area contributed by atoms with Gasteiger partial charge in [0.05, 0.1) is 6.04 Å². The molecule has 0 amide bonds. The normalized spacial score (nSPS) is 12.6. The predicted molar refractivity (Wildman–Crippen MR) is 71.2 cm³/mol. The van der Waals surface area contributed by atoms with Crippen molar-refractivity contribution < 1.29 is 4.42 Å². The monoisotopic (exact) mass is 249 g/mol. The maximum atomic E-state index is 5.86. The van der Waals surface area contributed by atoms with Crippen LogP contribution in [0, 0.1) is 0 Å². The van der Waals surface area contributed by atoms with Crippen LogP contribution in [0.5, 0.6) is 0 Å². The van der Waals surface area contributed by atoms with Crippen LogP contribution in [0.2, 0.25) is 5.02 Å². The summed E-state index contributed by atoms with van der Waals surface area (Å²) in [5.41, 5.74) is 1.05. The maximum absolute atomic E-state index is 5.86. The molecule has 2 rings (SSSR count). The van der Waals surface area contributed by atoms with E-state index in [0.717, 1.165) is 28.7 Å². The van der Waals surface area contributed by atoms with E-state index in [2.05, 4.69) is 19.2 Å². The second-order valence-corrected chi connectivity index (χ2v) is 4.42. The Morgan fingerprint density at radius 3 is 2.53 bits per heavy atom. The zero-order valence-corrected chi connectivity index (χ0v) is 10.8. The van der Waals surface area contributed by atoms with Crippen molar-refractivity contribution in [3.05, 3.63) is 47.2 Å². The van der Waals surface area contributed by atoms with E-state index in [1.165, 1.54) is 0 Å². The molecule has 0 saturated carbocycles. The topological polar surface area (TPSA) is 25.2 Å². The lowest BCUT2D eigenvalue weighted by molar-refractivity contribution is 0.445. The molecule has 2 aromatic rings. The summed E-state index contributed by atoms with van der Waals surface area (Å²) in [6, 6.07) is 11.9. The standard InChI is InChI=1S/C14H16ClNO/c1-3-16-10(2)13-8-9-14(17-13)11-4-6-12(15)7-5-11/h4-10,16H,3H2,1-2H3. The van der Waals surface area contributed by atoms with Gasteiger partial charge in [0.1, 0.15) is 11.5 Å². The van der Waals surface area contributed by atoms with Gasteiger partial charge in [-0.1, -0.05) is 18.5 Å². The molecule has 90 valence electrons. The zero-order valence-electron chi connectivity index (χ0n) is 10.0. The van der Waals surface area contributed by atoms with Crippen molar-refractivity contribution in [3.63, 3.8) is 0 Å². The molecule has 0 aliphatic rings. The van der Waals surface area contributed by atoms with Crippen molar-refractivity contribution in [1.82, 2.24) is 5.32 Å². The third kappa shape index (κ3) is 2.90. The van der Waals surface area contributed by atoms with Crippen molar-refractivity contribution in [3.8, 4) is 11.3 Å². The first-order chi connectivity index (χ1) is 8.20. The Kier molecular flexibility index (Phi) is 3.87. The third-order valence-corrected chi connectivity index (χ3v) is 2.94. The first kappa shape index (κ1) is 12.2. The highest BCUT2D eigenvalue weighted by Gasteiger charge is 2.10. The van der Waals surface area contributed by atoms with Gasteiger partial charge in [-0.15, -0.1) is 0 Å². The third-order valence-electron chi connectivity index (χ3n) is 2.69. The molecule has 0 spiro atoms. The minimum absolute atomic E-state index is 0.237. The summed E-state index contributed by atoms with van der Waals surface area (Å²) in [5.74, 6) is 1.83. The summed E-state index contributed by atoms with van der Waals surface area (Å²) in [4.78, 5) is 0. The molecule has 1 heterocycles. The van der Waals surface area contributed by atoms with Gasteiger partial charge in [-0.05, 0) is 49.9 Å². The van der Waals surface area contributed by atoms with Gasteiger partial charge in [-0.3, -0.25) is 0 Å². The van der Waals surface area contributed by atoms with E-state index < -0.39 is 0 Å². The van der Waals surface area contributed by atoms with E-state index in [9.17, 15) is 0 Å². The summed E-state index contributed by atoms with van der Waals surface area (Å²) in [7, 11) is 0. The highest BCUT2D eigenvalue weighted by molar-refractivity contribution is 6.30. The molecule has 1 N–H and O–H groups in total. The van der Waals surface area contributed by atoms with E-state index in [0.29, 0.717) is 0 Å². The first-order valence-corrected chi connectivity index (χ1v) is 6.17. The van der Waals surface area contributed by atoms with Gasteiger partial charge in [0.2, 0.25) is 0 Å². The highest BCUT2D eigenvalue weighted by atomic mass is 35.5. The Labute approximate surface area is 107 Å². The fourth-order valence-electron chi connectivity index (χ4n) is 1.76. The molecule has 0 fully saturated rings. The minimum Gasteiger partial charge on any atom is -0.459 e. The molecule has 17 heavy (non-hydrogen) atoms. The molecule has 2 nitrogen and oxygen atoms in total. The van der Waals surface area contributed by atoms with E-state index >= 15 is 0 Å². The first-order valence-electron chi connectivity index (χ1n) is 5.79. The second-order valence-electron chi connectivity index (χ2n) is 3.99. The van der Waals surface area contributed by atoms with Crippen LogP contribution in [-0.4, -0.2) is 6.54 Å². The van der Waals surface area contributed by atoms with E-state index in [4.69, 9.17) is 16.0 Å². The fraction of sp³-hybridized carbons (Fsp3) is 0.286. The zero-order chi connectivity index (χ0) is 12.3. The summed E-state index contributed by atoms with van der Waals surface area (Å²) in [6.45, 7) is 5.10. The van der Waals surface area contributed by atoms with Gasteiger partial charge in [0, 0.05) is 10.6 Å². The minimum atomic E-state index is 0.237. The molecule has 1 unspecified atom stereocenters. The van der Waals surface area contributed by atoms with Crippen LogP contribution in [0.3, 0.4) is 0 Å². The number of furan rings is 1.